The maximum atomic E-state index is 6.67. The van der Waals surface area contributed by atoms with Gasteiger partial charge in [0.15, 0.2) is 11.4 Å². The van der Waals surface area contributed by atoms with E-state index in [1.54, 1.807) is 30.4 Å². The van der Waals surface area contributed by atoms with Crippen LogP contribution in [-0.2, 0) is 18.9 Å². The summed E-state index contributed by atoms with van der Waals surface area (Å²) in [6.07, 6.45) is 4.97. The first kappa shape index (κ1) is 28.3. The molecule has 2 aliphatic heterocycles. The molecule has 6 atom stereocenters. The Morgan fingerprint density at radius 2 is 2.00 bits per heavy atom. The molecule has 0 saturated carbocycles. The number of anilines is 1. The second-order valence-electron chi connectivity index (χ2n) is 9.93. The Labute approximate surface area is 260 Å². The first-order valence-electron chi connectivity index (χ1n) is 13.4. The second kappa shape index (κ2) is 12.3. The third kappa shape index (κ3) is 5.77. The van der Waals surface area contributed by atoms with Gasteiger partial charge in [-0.15, -0.1) is 16.4 Å². The van der Waals surface area contributed by atoms with Crippen molar-refractivity contribution in [3.05, 3.63) is 89.3 Å². The van der Waals surface area contributed by atoms with E-state index in [1.165, 1.54) is 23.1 Å². The highest BCUT2D eigenvalue weighted by Crippen LogP contribution is 2.46. The molecule has 5 aromatic rings. The van der Waals surface area contributed by atoms with Crippen LogP contribution >= 0.6 is 34.7 Å². The van der Waals surface area contributed by atoms with E-state index in [4.69, 9.17) is 36.3 Å². The Morgan fingerprint density at radius 1 is 1.12 bits per heavy atom. The number of benzene rings is 1. The van der Waals surface area contributed by atoms with Crippen LogP contribution < -0.4 is 5.73 Å². The molecule has 220 valence electrons. The molecule has 11 nitrogen and oxygen atoms in total. The minimum Gasteiger partial charge on any atom is -0.375 e. The van der Waals surface area contributed by atoms with Crippen molar-refractivity contribution >= 4 is 39.8 Å². The second-order valence-corrected chi connectivity index (χ2v) is 12.4. The minimum absolute atomic E-state index is 0.307. The fourth-order valence-corrected chi connectivity index (χ4v) is 7.40. The van der Waals surface area contributed by atoms with Gasteiger partial charge in [0.2, 0.25) is 0 Å². The first-order valence-corrected chi connectivity index (χ1v) is 15.6. The van der Waals surface area contributed by atoms with Gasteiger partial charge in [0.25, 0.3) is 0 Å². The van der Waals surface area contributed by atoms with Gasteiger partial charge < -0.3 is 24.7 Å². The summed E-state index contributed by atoms with van der Waals surface area (Å²) in [5, 5.41) is 11.7. The Bertz CT molecular complexity index is 1690. The highest BCUT2D eigenvalue weighted by Gasteiger charge is 2.52. The summed E-state index contributed by atoms with van der Waals surface area (Å²) in [6, 6.07) is 15.1. The van der Waals surface area contributed by atoms with Crippen LogP contribution in [0, 0.1) is 0 Å². The van der Waals surface area contributed by atoms with E-state index in [2.05, 4.69) is 25.3 Å². The van der Waals surface area contributed by atoms with Gasteiger partial charge in [-0.2, -0.15) is 0 Å². The van der Waals surface area contributed by atoms with Crippen molar-refractivity contribution in [3.63, 3.8) is 0 Å². The van der Waals surface area contributed by atoms with Crippen LogP contribution in [0.4, 0.5) is 5.13 Å². The zero-order valence-electron chi connectivity index (χ0n) is 22.8. The highest BCUT2D eigenvalue weighted by atomic mass is 35.5. The molecule has 14 heteroatoms. The Morgan fingerprint density at radius 3 is 2.77 bits per heavy atom. The van der Waals surface area contributed by atoms with Crippen molar-refractivity contribution in [1.82, 2.24) is 29.9 Å². The van der Waals surface area contributed by atoms with Gasteiger partial charge in [0, 0.05) is 47.1 Å². The fraction of sp³-hybridized carbons (Fsp3) is 0.276. The van der Waals surface area contributed by atoms with E-state index in [9.17, 15) is 0 Å². The van der Waals surface area contributed by atoms with E-state index >= 15 is 0 Å². The van der Waals surface area contributed by atoms with Crippen LogP contribution in [0.1, 0.15) is 17.9 Å². The SMILES string of the molecule is COC1[C@@H](Sc2cc(Cl)cnc2-c2cccnc2)OC2COC(c3ccccc3)O[C@@H]2[C@@H]1n1cc(-c2csc(N)n2)nn1. The summed E-state index contributed by atoms with van der Waals surface area (Å²) in [4.78, 5) is 14.1. The number of nitrogens with two attached hydrogens (primary N) is 1. The van der Waals surface area contributed by atoms with E-state index < -0.39 is 36.1 Å². The first-order chi connectivity index (χ1) is 21.1. The number of thiazole rings is 1. The molecule has 0 spiro atoms. The summed E-state index contributed by atoms with van der Waals surface area (Å²) in [5.74, 6) is 0. The molecule has 3 unspecified atom stereocenters. The number of nitrogens with zero attached hydrogens (tertiary/aromatic N) is 6. The van der Waals surface area contributed by atoms with Crippen molar-refractivity contribution in [2.75, 3.05) is 19.5 Å². The molecule has 0 amide bonds. The van der Waals surface area contributed by atoms with Crippen molar-refractivity contribution in [2.45, 2.75) is 41.0 Å². The van der Waals surface area contributed by atoms with Crippen LogP contribution in [0.25, 0.3) is 22.6 Å². The van der Waals surface area contributed by atoms with E-state index in [-0.39, 0.29) is 0 Å². The molecular weight excluding hydrogens is 610 g/mol. The van der Waals surface area contributed by atoms with E-state index in [1.807, 2.05) is 60.1 Å². The number of rotatable bonds is 7. The van der Waals surface area contributed by atoms with Crippen LogP contribution in [0.3, 0.4) is 0 Å². The number of hydrogen-bond donors (Lipinski definition) is 1. The highest BCUT2D eigenvalue weighted by molar-refractivity contribution is 8.00. The molecule has 0 radical (unpaired) electrons. The number of thioether (sulfide) groups is 1. The van der Waals surface area contributed by atoms with Gasteiger partial charge in [0.1, 0.15) is 41.2 Å². The largest absolute Gasteiger partial charge is 0.375 e. The maximum Gasteiger partial charge on any atom is 0.184 e. The lowest BCUT2D eigenvalue weighted by Gasteiger charge is -2.48. The zero-order chi connectivity index (χ0) is 29.3. The van der Waals surface area contributed by atoms with Gasteiger partial charge in [-0.1, -0.05) is 58.9 Å². The third-order valence-corrected chi connectivity index (χ3v) is 9.31. The molecule has 1 aromatic carbocycles. The van der Waals surface area contributed by atoms with Crippen molar-refractivity contribution in [3.8, 4) is 22.6 Å². The topological polar surface area (TPSA) is 132 Å². The molecule has 4 aromatic heterocycles. The standard InChI is InChI=1S/C29H26ClN7O4S2/c1-38-26-24(37-13-19(35-36-37)20-15-42-29(31)34-20)25-21(14-39-27(41-25)16-6-3-2-4-7-16)40-28(26)43-22-10-18(30)12-33-23(22)17-8-5-9-32-11-17/h2-13,15,21,24-28H,14H2,1H3,(H2,31,34)/t21?,24-,25-,26?,27?,28+/m0/s1. The molecule has 2 saturated heterocycles. The Hall–Kier alpha value is -3.43. The normalized spacial score (nSPS) is 25.3. The number of aromatic nitrogens is 6. The predicted octanol–water partition coefficient (Wildman–Crippen LogP) is 5.28. The van der Waals surface area contributed by atoms with Gasteiger partial charge in [-0.05, 0) is 18.2 Å². The monoisotopic (exact) mass is 635 g/mol. The molecular formula is C29H26ClN7O4S2. The van der Waals surface area contributed by atoms with Gasteiger partial charge in [-0.3, -0.25) is 9.97 Å². The molecule has 0 aliphatic carbocycles. The Balaban J connectivity index is 1.26. The van der Waals surface area contributed by atoms with Crippen molar-refractivity contribution < 1.29 is 18.9 Å². The Kier molecular flexibility index (Phi) is 8.10. The minimum atomic E-state index is -0.578. The molecule has 2 N–H and O–H groups in total. The van der Waals surface area contributed by atoms with Gasteiger partial charge in [0.05, 0.1) is 23.5 Å². The lowest BCUT2D eigenvalue weighted by Crippen LogP contribution is -2.59. The molecule has 6 heterocycles. The van der Waals surface area contributed by atoms with Gasteiger partial charge >= 0.3 is 0 Å². The third-order valence-electron chi connectivity index (χ3n) is 7.25. The number of methoxy groups -OCH3 is 1. The van der Waals surface area contributed by atoms with Crippen LogP contribution in [-0.4, -0.2) is 67.4 Å². The van der Waals surface area contributed by atoms with Crippen molar-refractivity contribution in [2.24, 2.45) is 0 Å². The smallest absolute Gasteiger partial charge is 0.184 e. The molecule has 2 aliphatic rings. The maximum absolute atomic E-state index is 6.67. The number of hydrogen-bond acceptors (Lipinski definition) is 12. The summed E-state index contributed by atoms with van der Waals surface area (Å²) >= 11 is 9.24. The molecule has 2 fully saturated rings. The number of fused-ring (bicyclic) bond motifs is 1. The number of pyridine rings is 2. The molecule has 0 bridgehead atoms. The van der Waals surface area contributed by atoms with Gasteiger partial charge in [-0.25, -0.2) is 9.67 Å². The summed E-state index contributed by atoms with van der Waals surface area (Å²) < 4.78 is 27.4. The lowest BCUT2D eigenvalue weighted by molar-refractivity contribution is -0.308. The van der Waals surface area contributed by atoms with E-state index in [0.717, 1.165) is 21.7 Å². The average Bonchev–Trinajstić information content (AvgIpc) is 3.70. The number of halogens is 1. The average molecular weight is 636 g/mol. The summed E-state index contributed by atoms with van der Waals surface area (Å²) in [5.41, 5.74) is 9.14. The fourth-order valence-electron chi connectivity index (χ4n) is 5.29. The molecule has 43 heavy (non-hydrogen) atoms. The van der Waals surface area contributed by atoms with Crippen molar-refractivity contribution in [1.29, 1.82) is 0 Å². The van der Waals surface area contributed by atoms with Crippen LogP contribution in [0.2, 0.25) is 5.02 Å². The van der Waals surface area contributed by atoms with E-state index in [0.29, 0.717) is 28.1 Å². The summed E-state index contributed by atoms with van der Waals surface area (Å²) in [7, 11) is 1.65. The number of nitrogen functional groups attached to an aromatic ring is 1. The predicted molar refractivity (Wildman–Crippen MR) is 162 cm³/mol. The molecule has 7 rings (SSSR count). The number of ether oxygens (including phenoxy) is 4. The summed E-state index contributed by atoms with van der Waals surface area (Å²) in [6.45, 7) is 0.307. The van der Waals surface area contributed by atoms with Crippen LogP contribution in [0.5, 0.6) is 0 Å². The zero-order valence-corrected chi connectivity index (χ0v) is 25.2. The quantitative estimate of drug-likeness (QED) is 0.250. The lowest BCUT2D eigenvalue weighted by atomic mass is 9.95. The van der Waals surface area contributed by atoms with Crippen LogP contribution in [0.15, 0.2) is 83.6 Å².